The Morgan fingerprint density at radius 3 is 2.62 bits per heavy atom. The topological polar surface area (TPSA) is 60.9 Å². The lowest BCUT2D eigenvalue weighted by molar-refractivity contribution is -0.150. The van der Waals surface area contributed by atoms with Crippen molar-refractivity contribution in [2.24, 2.45) is 0 Å². The Morgan fingerprint density at radius 2 is 1.90 bits per heavy atom. The highest BCUT2D eigenvalue weighted by Gasteiger charge is 2.28. The van der Waals surface area contributed by atoms with Gasteiger partial charge in [-0.15, -0.1) is 0 Å². The molecular weight excluding hydrogens is 268 g/mol. The van der Waals surface area contributed by atoms with Crippen LogP contribution in [0.1, 0.15) is 18.1 Å². The van der Waals surface area contributed by atoms with Gasteiger partial charge in [0.2, 0.25) is 11.8 Å². The molecule has 1 fully saturated rings. The minimum Gasteiger partial charge on any atom is -0.384 e. The van der Waals surface area contributed by atoms with Crippen molar-refractivity contribution >= 4 is 11.8 Å². The number of hydrogen-bond acceptors (Lipinski definition) is 3. The van der Waals surface area contributed by atoms with Crippen molar-refractivity contribution < 1.29 is 14.7 Å². The van der Waals surface area contributed by atoms with E-state index in [1.54, 1.807) is 9.80 Å². The number of carbonyl (C=O) groups is 2. The summed E-state index contributed by atoms with van der Waals surface area (Å²) in [6.07, 6.45) is 0. The smallest absolute Gasteiger partial charge is 0.242 e. The quantitative estimate of drug-likeness (QED) is 0.809. The summed E-state index contributed by atoms with van der Waals surface area (Å²) in [4.78, 5) is 27.0. The molecule has 1 N–H and O–H groups in total. The molecule has 1 aromatic carbocycles. The van der Waals surface area contributed by atoms with E-state index >= 15 is 0 Å². The van der Waals surface area contributed by atoms with Crippen LogP contribution >= 0.6 is 0 Å². The fourth-order valence-corrected chi connectivity index (χ4v) is 2.24. The maximum Gasteiger partial charge on any atom is 0.242 e. The van der Waals surface area contributed by atoms with Gasteiger partial charge in [0.25, 0.3) is 0 Å². The first kappa shape index (κ1) is 15.1. The van der Waals surface area contributed by atoms with Gasteiger partial charge in [-0.25, -0.2) is 0 Å². The van der Waals surface area contributed by atoms with E-state index < -0.39 is 0 Å². The first-order chi connectivity index (χ1) is 10.1. The second-order valence-corrected chi connectivity index (χ2v) is 4.82. The zero-order valence-corrected chi connectivity index (χ0v) is 12.0. The number of aliphatic hydroxyl groups excluding tert-OH is 1. The molecule has 5 heteroatoms. The monoisotopic (exact) mass is 286 g/mol. The van der Waals surface area contributed by atoms with E-state index in [0.717, 1.165) is 11.1 Å². The molecule has 2 amide bonds. The summed E-state index contributed by atoms with van der Waals surface area (Å²) < 4.78 is 0. The van der Waals surface area contributed by atoms with Crippen molar-refractivity contribution in [2.75, 3.05) is 26.2 Å². The molecule has 1 aliphatic heterocycles. The van der Waals surface area contributed by atoms with Gasteiger partial charge in [-0.05, 0) is 24.6 Å². The number of amides is 2. The van der Waals surface area contributed by atoms with E-state index in [9.17, 15) is 9.59 Å². The molecule has 1 saturated heterocycles. The van der Waals surface area contributed by atoms with Crippen molar-refractivity contribution in [3.05, 3.63) is 35.4 Å². The Morgan fingerprint density at radius 1 is 1.19 bits per heavy atom. The predicted octanol–water partition coefficient (Wildman–Crippen LogP) is 0.221. The van der Waals surface area contributed by atoms with Gasteiger partial charge in [-0.3, -0.25) is 9.59 Å². The maximum atomic E-state index is 12.0. The van der Waals surface area contributed by atoms with Gasteiger partial charge >= 0.3 is 0 Å². The summed E-state index contributed by atoms with van der Waals surface area (Å²) in [6, 6.07) is 7.46. The van der Waals surface area contributed by atoms with Crippen LogP contribution in [0.5, 0.6) is 0 Å². The number of nitrogens with zero attached hydrogens (tertiary/aromatic N) is 2. The van der Waals surface area contributed by atoms with Gasteiger partial charge in [0.1, 0.15) is 13.2 Å². The van der Waals surface area contributed by atoms with Crippen LogP contribution in [0.2, 0.25) is 0 Å². The van der Waals surface area contributed by atoms with Crippen LogP contribution in [-0.4, -0.2) is 53.0 Å². The Hall–Kier alpha value is -2.32. The van der Waals surface area contributed by atoms with Crippen molar-refractivity contribution in [2.45, 2.75) is 13.5 Å². The summed E-state index contributed by atoms with van der Waals surface area (Å²) in [6.45, 7) is 2.92. The molecule has 1 aliphatic rings. The van der Waals surface area contributed by atoms with Gasteiger partial charge in [-0.2, -0.15) is 0 Å². The lowest BCUT2D eigenvalue weighted by Gasteiger charge is -2.33. The average Bonchev–Trinajstić information content (AvgIpc) is 2.49. The molecule has 0 radical (unpaired) electrons. The molecule has 1 aromatic rings. The third kappa shape index (κ3) is 3.83. The fourth-order valence-electron chi connectivity index (χ4n) is 2.24. The first-order valence-electron chi connectivity index (χ1n) is 6.88. The molecule has 21 heavy (non-hydrogen) atoms. The van der Waals surface area contributed by atoms with E-state index in [1.807, 2.05) is 31.2 Å². The fraction of sp³-hybridized carbons (Fsp3) is 0.375. The largest absolute Gasteiger partial charge is 0.384 e. The third-order valence-corrected chi connectivity index (χ3v) is 3.35. The molecule has 0 saturated carbocycles. The summed E-state index contributed by atoms with van der Waals surface area (Å²) in [7, 11) is 0. The summed E-state index contributed by atoms with van der Waals surface area (Å²) >= 11 is 0. The highest BCUT2D eigenvalue weighted by molar-refractivity contribution is 5.92. The number of carbonyl (C=O) groups excluding carboxylic acids is 2. The van der Waals surface area contributed by atoms with E-state index in [-0.39, 0.29) is 31.5 Å². The molecule has 0 aliphatic carbocycles. The molecule has 0 unspecified atom stereocenters. The zero-order valence-electron chi connectivity index (χ0n) is 12.0. The molecule has 2 rings (SSSR count). The Bertz CT molecular complexity index is 601. The number of benzene rings is 1. The van der Waals surface area contributed by atoms with Gasteiger partial charge < -0.3 is 14.9 Å². The van der Waals surface area contributed by atoms with Crippen LogP contribution in [-0.2, 0) is 16.1 Å². The van der Waals surface area contributed by atoms with Crippen LogP contribution in [0, 0.1) is 11.8 Å². The molecule has 0 aromatic heterocycles. The Labute approximate surface area is 124 Å². The van der Waals surface area contributed by atoms with Gasteiger partial charge in [0.05, 0.1) is 6.54 Å². The SMILES string of the molecule is CCN1CC(=O)N(Cc2cccc(C#CCO)c2)CC1=O. The van der Waals surface area contributed by atoms with Crippen LogP contribution in [0.25, 0.3) is 0 Å². The minimum absolute atomic E-state index is 0.0201. The number of piperazine rings is 1. The predicted molar refractivity (Wildman–Crippen MR) is 78.1 cm³/mol. The molecule has 0 atom stereocenters. The van der Waals surface area contributed by atoms with E-state index in [1.165, 1.54) is 0 Å². The molecular formula is C16H18N2O3. The second kappa shape index (κ2) is 6.91. The molecule has 110 valence electrons. The molecule has 0 bridgehead atoms. The van der Waals surface area contributed by atoms with Gasteiger partial charge in [0.15, 0.2) is 0 Å². The van der Waals surface area contributed by atoms with Crippen molar-refractivity contribution in [1.29, 1.82) is 0 Å². The molecule has 1 heterocycles. The average molecular weight is 286 g/mol. The zero-order chi connectivity index (χ0) is 15.2. The molecule has 0 spiro atoms. The number of rotatable bonds is 3. The minimum atomic E-state index is -0.184. The van der Waals surface area contributed by atoms with Crippen LogP contribution in [0.3, 0.4) is 0 Å². The van der Waals surface area contributed by atoms with Crippen LogP contribution in [0.4, 0.5) is 0 Å². The van der Waals surface area contributed by atoms with E-state index in [0.29, 0.717) is 13.1 Å². The summed E-state index contributed by atoms with van der Waals surface area (Å²) in [5.74, 6) is 5.36. The second-order valence-electron chi connectivity index (χ2n) is 4.82. The normalized spacial score (nSPS) is 15.0. The van der Waals surface area contributed by atoms with Crippen LogP contribution in [0.15, 0.2) is 24.3 Å². The van der Waals surface area contributed by atoms with E-state index in [4.69, 9.17) is 5.11 Å². The van der Waals surface area contributed by atoms with Crippen molar-refractivity contribution in [3.8, 4) is 11.8 Å². The van der Waals surface area contributed by atoms with Crippen molar-refractivity contribution in [3.63, 3.8) is 0 Å². The van der Waals surface area contributed by atoms with Gasteiger partial charge in [0, 0.05) is 18.7 Å². The highest BCUT2D eigenvalue weighted by Crippen LogP contribution is 2.12. The van der Waals surface area contributed by atoms with E-state index in [2.05, 4.69) is 11.8 Å². The number of hydrogen-bond donors (Lipinski definition) is 1. The summed E-state index contributed by atoms with van der Waals surface area (Å²) in [5.41, 5.74) is 1.71. The van der Waals surface area contributed by atoms with Crippen LogP contribution < -0.4 is 0 Å². The number of aliphatic hydroxyl groups is 1. The third-order valence-electron chi connectivity index (χ3n) is 3.35. The lowest BCUT2D eigenvalue weighted by Crippen LogP contribution is -2.53. The Kier molecular flexibility index (Phi) is 4.96. The highest BCUT2D eigenvalue weighted by atomic mass is 16.2. The lowest BCUT2D eigenvalue weighted by atomic mass is 10.1. The first-order valence-corrected chi connectivity index (χ1v) is 6.88. The Balaban J connectivity index is 2.08. The standard InChI is InChI=1S/C16H18N2O3/c1-2-17-11-16(21)18(12-15(17)20)10-14-6-3-5-13(9-14)7-4-8-19/h3,5-6,9,19H,2,8,10-12H2,1H3. The maximum absolute atomic E-state index is 12.0. The van der Waals surface area contributed by atoms with Gasteiger partial charge in [-0.1, -0.05) is 24.0 Å². The summed E-state index contributed by atoms with van der Waals surface area (Å²) in [5, 5.41) is 8.70. The number of likely N-dealkylation sites (N-methyl/N-ethyl adjacent to an activating group) is 1. The molecule has 5 nitrogen and oxygen atoms in total. The van der Waals surface area contributed by atoms with Crippen molar-refractivity contribution in [1.82, 2.24) is 9.80 Å².